The minimum absolute atomic E-state index is 0.334. The molecule has 72 valence electrons. The highest BCUT2D eigenvalue weighted by Crippen LogP contribution is 1.73. The fourth-order valence-electron chi connectivity index (χ4n) is 0.477. The number of aryl methyl sites for hydroxylation is 1. The zero-order chi connectivity index (χ0) is 10.4. The Balaban J connectivity index is 0.000000310. The van der Waals surface area contributed by atoms with Gasteiger partial charge in [0.1, 0.15) is 0 Å². The SMILES string of the molecule is Cc1c[nH]c(=O)[nH]c1=O.NC(N)=O. The number of hydrogen-bond acceptors (Lipinski definition) is 3. The van der Waals surface area contributed by atoms with Crippen molar-refractivity contribution in [2.45, 2.75) is 6.92 Å². The van der Waals surface area contributed by atoms with Crippen LogP contribution in [0.5, 0.6) is 0 Å². The van der Waals surface area contributed by atoms with Crippen LogP contribution in [0.4, 0.5) is 4.79 Å². The van der Waals surface area contributed by atoms with Gasteiger partial charge in [-0.05, 0) is 6.92 Å². The van der Waals surface area contributed by atoms with Crippen LogP contribution >= 0.6 is 0 Å². The molecule has 0 bridgehead atoms. The highest BCUT2D eigenvalue weighted by atomic mass is 16.2. The van der Waals surface area contributed by atoms with E-state index in [9.17, 15) is 9.59 Å². The van der Waals surface area contributed by atoms with Gasteiger partial charge in [-0.2, -0.15) is 0 Å². The average Bonchev–Trinajstić information content (AvgIpc) is 1.96. The van der Waals surface area contributed by atoms with Crippen LogP contribution in [0.3, 0.4) is 0 Å². The second-order valence-corrected chi connectivity index (χ2v) is 2.16. The van der Waals surface area contributed by atoms with Gasteiger partial charge in [0.05, 0.1) is 0 Å². The molecule has 0 fully saturated rings. The minimum Gasteiger partial charge on any atom is -0.352 e. The van der Waals surface area contributed by atoms with Gasteiger partial charge in [0, 0.05) is 11.8 Å². The van der Waals surface area contributed by atoms with Crippen molar-refractivity contribution in [2.75, 3.05) is 0 Å². The predicted octanol–water partition coefficient (Wildman–Crippen LogP) is -1.60. The van der Waals surface area contributed by atoms with Crippen LogP contribution in [0.15, 0.2) is 15.8 Å². The van der Waals surface area contributed by atoms with Gasteiger partial charge in [0.15, 0.2) is 0 Å². The van der Waals surface area contributed by atoms with Crippen molar-refractivity contribution >= 4 is 6.03 Å². The van der Waals surface area contributed by atoms with E-state index < -0.39 is 11.7 Å². The average molecular weight is 186 g/mol. The molecular formula is C6H10N4O3. The Bertz CT molecular complexity index is 387. The summed E-state index contributed by atoms with van der Waals surface area (Å²) in [6.45, 7) is 1.62. The zero-order valence-electron chi connectivity index (χ0n) is 6.96. The summed E-state index contributed by atoms with van der Waals surface area (Å²) < 4.78 is 0. The van der Waals surface area contributed by atoms with Crippen LogP contribution in [0.25, 0.3) is 0 Å². The van der Waals surface area contributed by atoms with Crippen molar-refractivity contribution in [3.8, 4) is 0 Å². The third kappa shape index (κ3) is 5.24. The molecule has 0 aliphatic rings. The lowest BCUT2D eigenvalue weighted by Gasteiger charge is -1.84. The molecule has 1 aromatic heterocycles. The van der Waals surface area contributed by atoms with Gasteiger partial charge in [-0.15, -0.1) is 0 Å². The molecule has 0 radical (unpaired) electrons. The molecule has 0 saturated heterocycles. The van der Waals surface area contributed by atoms with E-state index in [-0.39, 0.29) is 5.56 Å². The van der Waals surface area contributed by atoms with E-state index in [4.69, 9.17) is 4.79 Å². The summed E-state index contributed by atoms with van der Waals surface area (Å²) in [5.41, 5.74) is 8.21. The summed E-state index contributed by atoms with van der Waals surface area (Å²) in [7, 11) is 0. The van der Waals surface area contributed by atoms with Crippen LogP contribution in [-0.4, -0.2) is 16.0 Å². The number of nitrogens with two attached hydrogens (primary N) is 2. The molecule has 0 aliphatic carbocycles. The van der Waals surface area contributed by atoms with Gasteiger partial charge in [-0.3, -0.25) is 9.78 Å². The zero-order valence-corrected chi connectivity index (χ0v) is 6.96. The molecule has 0 atom stereocenters. The molecule has 1 aromatic rings. The Morgan fingerprint density at radius 2 is 1.85 bits per heavy atom. The van der Waals surface area contributed by atoms with Gasteiger partial charge in [0.25, 0.3) is 5.56 Å². The van der Waals surface area contributed by atoms with Crippen LogP contribution < -0.4 is 22.7 Å². The van der Waals surface area contributed by atoms with Crippen molar-refractivity contribution in [2.24, 2.45) is 11.5 Å². The normalized spacial score (nSPS) is 8.38. The van der Waals surface area contributed by atoms with E-state index in [1.807, 2.05) is 0 Å². The fourth-order valence-corrected chi connectivity index (χ4v) is 0.477. The molecule has 0 spiro atoms. The van der Waals surface area contributed by atoms with Crippen molar-refractivity contribution in [3.63, 3.8) is 0 Å². The summed E-state index contributed by atoms with van der Waals surface area (Å²) in [6.07, 6.45) is 1.38. The Labute approximate surface area is 72.8 Å². The molecular weight excluding hydrogens is 176 g/mol. The van der Waals surface area contributed by atoms with E-state index in [0.717, 1.165) is 0 Å². The monoisotopic (exact) mass is 186 g/mol. The van der Waals surface area contributed by atoms with E-state index in [1.54, 1.807) is 6.92 Å². The molecule has 0 saturated carbocycles. The van der Waals surface area contributed by atoms with Gasteiger partial charge < -0.3 is 16.5 Å². The standard InChI is InChI=1S/C5H6N2O2.CH4N2O/c1-3-2-6-5(9)7-4(3)8;2-1(3)4/h2H,1H3,(H2,6,7,8,9);(H4,2,3,4). The van der Waals surface area contributed by atoms with Gasteiger partial charge in [-0.25, -0.2) is 9.59 Å². The molecule has 6 N–H and O–H groups in total. The first-order valence-corrected chi connectivity index (χ1v) is 3.27. The van der Waals surface area contributed by atoms with Crippen LogP contribution in [0, 0.1) is 6.92 Å². The Morgan fingerprint density at radius 3 is 2.15 bits per heavy atom. The summed E-state index contributed by atoms with van der Waals surface area (Å²) in [6, 6.07) is -0.833. The van der Waals surface area contributed by atoms with E-state index >= 15 is 0 Å². The number of amides is 2. The molecule has 7 nitrogen and oxygen atoms in total. The van der Waals surface area contributed by atoms with E-state index in [1.165, 1.54) is 6.20 Å². The van der Waals surface area contributed by atoms with Crippen LogP contribution in [0.2, 0.25) is 0 Å². The van der Waals surface area contributed by atoms with Crippen molar-refractivity contribution < 1.29 is 4.79 Å². The number of urea groups is 1. The maximum absolute atomic E-state index is 10.6. The van der Waals surface area contributed by atoms with Gasteiger partial charge >= 0.3 is 11.7 Å². The van der Waals surface area contributed by atoms with Crippen LogP contribution in [0.1, 0.15) is 5.56 Å². The van der Waals surface area contributed by atoms with E-state index in [2.05, 4.69) is 21.4 Å². The maximum atomic E-state index is 10.6. The number of hydrogen-bond donors (Lipinski definition) is 4. The van der Waals surface area contributed by atoms with Crippen molar-refractivity contribution in [1.29, 1.82) is 0 Å². The molecule has 2 amide bonds. The first-order valence-electron chi connectivity index (χ1n) is 3.27. The lowest BCUT2D eigenvalue weighted by molar-refractivity contribution is 0.256. The Morgan fingerprint density at radius 1 is 1.38 bits per heavy atom. The Kier molecular flexibility index (Phi) is 4.00. The van der Waals surface area contributed by atoms with Crippen molar-refractivity contribution in [1.82, 2.24) is 9.97 Å². The number of rotatable bonds is 0. The van der Waals surface area contributed by atoms with Crippen LogP contribution in [-0.2, 0) is 0 Å². The van der Waals surface area contributed by atoms with E-state index in [0.29, 0.717) is 5.56 Å². The number of carbonyl (C=O) groups excluding carboxylic acids is 1. The quantitative estimate of drug-likeness (QED) is 0.388. The topological polar surface area (TPSA) is 135 Å². The van der Waals surface area contributed by atoms with Gasteiger partial charge in [-0.1, -0.05) is 0 Å². The summed E-state index contributed by atoms with van der Waals surface area (Å²) in [5.74, 6) is 0. The molecule has 0 aromatic carbocycles. The predicted molar refractivity (Wildman–Crippen MR) is 46.2 cm³/mol. The third-order valence-corrected chi connectivity index (χ3v) is 1.00. The molecule has 1 rings (SSSR count). The maximum Gasteiger partial charge on any atom is 0.325 e. The number of aromatic amines is 2. The first kappa shape index (κ1) is 11.0. The highest BCUT2D eigenvalue weighted by Gasteiger charge is 1.88. The molecule has 0 unspecified atom stereocenters. The number of carbonyl (C=O) groups is 1. The minimum atomic E-state index is -0.833. The lowest BCUT2D eigenvalue weighted by atomic mass is 10.4. The lowest BCUT2D eigenvalue weighted by Crippen LogP contribution is -2.22. The second kappa shape index (κ2) is 4.75. The number of H-pyrrole nitrogens is 2. The highest BCUT2D eigenvalue weighted by molar-refractivity contribution is 5.69. The molecule has 0 aliphatic heterocycles. The second-order valence-electron chi connectivity index (χ2n) is 2.16. The summed E-state index contributed by atoms with van der Waals surface area (Å²) in [4.78, 5) is 34.3. The summed E-state index contributed by atoms with van der Waals surface area (Å²) >= 11 is 0. The van der Waals surface area contributed by atoms with Gasteiger partial charge in [0.2, 0.25) is 0 Å². The summed E-state index contributed by atoms with van der Waals surface area (Å²) in [5, 5.41) is 0. The Hall–Kier alpha value is -2.05. The first-order chi connectivity index (χ1) is 5.93. The smallest absolute Gasteiger partial charge is 0.325 e. The molecule has 7 heteroatoms. The number of primary amides is 2. The van der Waals surface area contributed by atoms with Crippen molar-refractivity contribution in [3.05, 3.63) is 32.6 Å². The largest absolute Gasteiger partial charge is 0.352 e. The third-order valence-electron chi connectivity index (χ3n) is 1.00. The molecule has 1 heterocycles. The number of nitrogens with one attached hydrogen (secondary N) is 2. The number of aromatic nitrogens is 2. The fraction of sp³-hybridized carbons (Fsp3) is 0.167. The molecule has 13 heavy (non-hydrogen) atoms.